The highest BCUT2D eigenvalue weighted by Gasteiger charge is 2.38. The number of carbonyl (C=O) groups is 3. The molecule has 0 aliphatic carbocycles. The molecule has 0 radical (unpaired) electrons. The number of aryl methyl sites for hydroxylation is 2. The Kier molecular flexibility index (Phi) is 13.9. The Bertz CT molecular complexity index is 905. The molecule has 7 heteroatoms. The molecule has 0 spiro atoms. The molecule has 0 aliphatic rings. The van der Waals surface area contributed by atoms with E-state index >= 15 is 0 Å². The van der Waals surface area contributed by atoms with E-state index < -0.39 is 23.8 Å². The minimum Gasteiger partial charge on any atom is -0.444 e. The van der Waals surface area contributed by atoms with Crippen molar-refractivity contribution in [1.29, 1.82) is 0 Å². The monoisotopic (exact) mass is 531 g/mol. The molecule has 0 aromatic heterocycles. The summed E-state index contributed by atoms with van der Waals surface area (Å²) in [6.07, 6.45) is 5.73. The van der Waals surface area contributed by atoms with Crippen LogP contribution in [0.1, 0.15) is 117 Å². The molecule has 3 amide bonds. The molecule has 0 heterocycles. The number of alkyl carbamates (subject to hydrolysis) is 1. The minimum atomic E-state index is -0.829. The average molecular weight is 532 g/mol. The summed E-state index contributed by atoms with van der Waals surface area (Å²) in [6.45, 7) is 19.5. The van der Waals surface area contributed by atoms with Gasteiger partial charge in [-0.3, -0.25) is 9.59 Å². The van der Waals surface area contributed by atoms with Crippen molar-refractivity contribution in [2.24, 2.45) is 5.92 Å². The summed E-state index contributed by atoms with van der Waals surface area (Å²) >= 11 is 0. The molecule has 7 nitrogen and oxygen atoms in total. The van der Waals surface area contributed by atoms with Crippen LogP contribution in [0.3, 0.4) is 0 Å². The number of amides is 3. The number of benzene rings is 1. The first kappa shape index (κ1) is 33.5. The zero-order valence-corrected chi connectivity index (χ0v) is 25.6. The molecular formula is C31H53N3O4. The van der Waals surface area contributed by atoms with Crippen molar-refractivity contribution < 1.29 is 19.1 Å². The number of nitrogens with zero attached hydrogens (tertiary/aromatic N) is 1. The van der Waals surface area contributed by atoms with Crippen LogP contribution in [-0.2, 0) is 14.3 Å². The number of unbranched alkanes of at least 4 members (excludes halogenated alkanes) is 5. The maximum Gasteiger partial charge on any atom is 0.408 e. The van der Waals surface area contributed by atoms with E-state index in [4.69, 9.17) is 4.74 Å². The molecule has 216 valence electrons. The second kappa shape index (κ2) is 15.7. The summed E-state index contributed by atoms with van der Waals surface area (Å²) in [6, 6.07) is 4.28. The van der Waals surface area contributed by atoms with Crippen LogP contribution < -0.4 is 10.6 Å². The average Bonchev–Trinajstić information content (AvgIpc) is 2.78. The number of hydrogen-bond acceptors (Lipinski definition) is 4. The van der Waals surface area contributed by atoms with Crippen molar-refractivity contribution in [2.45, 2.75) is 131 Å². The molecule has 0 aliphatic heterocycles. The Morgan fingerprint density at radius 3 is 2.08 bits per heavy atom. The van der Waals surface area contributed by atoms with E-state index in [0.29, 0.717) is 6.54 Å². The van der Waals surface area contributed by atoms with Gasteiger partial charge < -0.3 is 20.3 Å². The minimum absolute atomic E-state index is 0.0816. The van der Waals surface area contributed by atoms with Crippen LogP contribution in [0.4, 0.5) is 4.79 Å². The summed E-state index contributed by atoms with van der Waals surface area (Å²) in [4.78, 5) is 42.3. The fraction of sp³-hybridized carbons (Fsp3) is 0.710. The Morgan fingerprint density at radius 2 is 1.53 bits per heavy atom. The third kappa shape index (κ3) is 11.4. The normalized spacial score (nSPS) is 13.3. The lowest BCUT2D eigenvalue weighted by atomic mass is 9.94. The van der Waals surface area contributed by atoms with E-state index in [2.05, 4.69) is 17.6 Å². The summed E-state index contributed by atoms with van der Waals surface area (Å²) < 4.78 is 5.46. The van der Waals surface area contributed by atoms with Crippen LogP contribution in [0.2, 0.25) is 0 Å². The SMILES string of the molecule is CCCCCCCCN(C(=O)C(NC(=O)OC(C)(C)C)C(C)C)C(C(=O)NC(C)C)c1cc(C)ccc1C. The van der Waals surface area contributed by atoms with E-state index in [1.807, 2.05) is 59.7 Å². The van der Waals surface area contributed by atoms with Crippen molar-refractivity contribution in [1.82, 2.24) is 15.5 Å². The van der Waals surface area contributed by atoms with Gasteiger partial charge in [0.05, 0.1) is 0 Å². The maximum atomic E-state index is 14.2. The van der Waals surface area contributed by atoms with Crippen LogP contribution in [0.15, 0.2) is 18.2 Å². The standard InChI is InChI=1S/C31H53N3O4/c1-11-12-13-14-15-16-19-34(29(36)26(21(2)3)33-30(37)38-31(8,9)10)27(28(35)32-22(4)5)25-20-23(6)17-18-24(25)7/h17-18,20-22,26-27H,11-16,19H2,1-10H3,(H,32,35)(H,33,37). The third-order valence-electron chi connectivity index (χ3n) is 6.36. The molecule has 2 N–H and O–H groups in total. The molecule has 0 saturated heterocycles. The van der Waals surface area contributed by atoms with Gasteiger partial charge in [0.15, 0.2) is 0 Å². The highest BCUT2D eigenvalue weighted by Crippen LogP contribution is 2.28. The second-order valence-corrected chi connectivity index (χ2v) is 12.1. The van der Waals surface area contributed by atoms with Crippen molar-refractivity contribution >= 4 is 17.9 Å². The summed E-state index contributed by atoms with van der Waals surface area (Å²) in [5, 5.41) is 5.84. The van der Waals surface area contributed by atoms with Crippen LogP contribution in [-0.4, -0.2) is 47.0 Å². The molecule has 1 aromatic carbocycles. The van der Waals surface area contributed by atoms with Gasteiger partial charge in [-0.15, -0.1) is 0 Å². The summed E-state index contributed by atoms with van der Waals surface area (Å²) in [5.74, 6) is -0.688. The highest BCUT2D eigenvalue weighted by molar-refractivity contribution is 5.92. The van der Waals surface area contributed by atoms with Crippen molar-refractivity contribution in [3.05, 3.63) is 34.9 Å². The molecule has 1 aromatic rings. The Labute approximate surface area is 231 Å². The van der Waals surface area contributed by atoms with Gasteiger partial charge in [0.25, 0.3) is 0 Å². The molecule has 0 saturated carbocycles. The molecular weight excluding hydrogens is 478 g/mol. The summed E-state index contributed by atoms with van der Waals surface area (Å²) in [7, 11) is 0. The van der Waals surface area contributed by atoms with Gasteiger partial charge >= 0.3 is 6.09 Å². The fourth-order valence-electron chi connectivity index (χ4n) is 4.42. The first-order valence-corrected chi connectivity index (χ1v) is 14.3. The van der Waals surface area contributed by atoms with E-state index in [-0.39, 0.29) is 23.8 Å². The first-order chi connectivity index (χ1) is 17.7. The van der Waals surface area contributed by atoms with Crippen LogP contribution in [0, 0.1) is 19.8 Å². The van der Waals surface area contributed by atoms with Crippen LogP contribution >= 0.6 is 0 Å². The molecule has 0 fully saturated rings. The second-order valence-electron chi connectivity index (χ2n) is 12.1. The van der Waals surface area contributed by atoms with Crippen molar-refractivity contribution in [2.75, 3.05) is 6.54 Å². The van der Waals surface area contributed by atoms with Gasteiger partial charge in [-0.2, -0.15) is 0 Å². The lowest BCUT2D eigenvalue weighted by molar-refractivity contribution is -0.143. The molecule has 2 atom stereocenters. The van der Waals surface area contributed by atoms with Gasteiger partial charge in [0, 0.05) is 12.6 Å². The Hall–Kier alpha value is -2.57. The van der Waals surface area contributed by atoms with Gasteiger partial charge in [0.1, 0.15) is 17.7 Å². The topological polar surface area (TPSA) is 87.7 Å². The molecule has 0 bridgehead atoms. The smallest absolute Gasteiger partial charge is 0.408 e. The van der Waals surface area contributed by atoms with Crippen molar-refractivity contribution in [3.63, 3.8) is 0 Å². The third-order valence-corrected chi connectivity index (χ3v) is 6.36. The summed E-state index contributed by atoms with van der Waals surface area (Å²) in [5.41, 5.74) is 2.08. The van der Waals surface area contributed by atoms with Gasteiger partial charge in [0.2, 0.25) is 11.8 Å². The van der Waals surface area contributed by atoms with E-state index in [9.17, 15) is 14.4 Å². The van der Waals surface area contributed by atoms with Gasteiger partial charge in [-0.25, -0.2) is 4.79 Å². The molecule has 2 unspecified atom stereocenters. The van der Waals surface area contributed by atoms with Crippen LogP contribution in [0.25, 0.3) is 0 Å². The lowest BCUT2D eigenvalue weighted by Crippen LogP contribution is -2.55. The number of hydrogen-bond donors (Lipinski definition) is 2. The Morgan fingerprint density at radius 1 is 0.921 bits per heavy atom. The van der Waals surface area contributed by atoms with E-state index in [1.165, 1.54) is 12.8 Å². The predicted molar refractivity (Wildman–Crippen MR) is 155 cm³/mol. The number of rotatable bonds is 14. The first-order valence-electron chi connectivity index (χ1n) is 14.3. The zero-order chi connectivity index (χ0) is 29.0. The Balaban J connectivity index is 3.48. The number of carbonyl (C=O) groups excluding carboxylic acids is 3. The molecule has 38 heavy (non-hydrogen) atoms. The fourth-order valence-corrected chi connectivity index (χ4v) is 4.42. The van der Waals surface area contributed by atoms with Gasteiger partial charge in [-0.1, -0.05) is 76.6 Å². The number of ether oxygens (including phenoxy) is 1. The van der Waals surface area contributed by atoms with E-state index in [1.54, 1.807) is 25.7 Å². The quantitative estimate of drug-likeness (QED) is 0.265. The predicted octanol–water partition coefficient (Wildman–Crippen LogP) is 6.61. The number of nitrogens with one attached hydrogen (secondary N) is 2. The lowest BCUT2D eigenvalue weighted by Gasteiger charge is -2.36. The largest absolute Gasteiger partial charge is 0.444 e. The zero-order valence-electron chi connectivity index (χ0n) is 25.6. The highest BCUT2D eigenvalue weighted by atomic mass is 16.6. The van der Waals surface area contributed by atoms with Crippen molar-refractivity contribution in [3.8, 4) is 0 Å². The maximum absolute atomic E-state index is 14.2. The molecule has 1 rings (SSSR count). The van der Waals surface area contributed by atoms with E-state index in [0.717, 1.165) is 42.4 Å². The van der Waals surface area contributed by atoms with Gasteiger partial charge in [-0.05, 0) is 71.9 Å². The van der Waals surface area contributed by atoms with Crippen LogP contribution in [0.5, 0.6) is 0 Å².